The highest BCUT2D eigenvalue weighted by Crippen LogP contribution is 2.35. The summed E-state index contributed by atoms with van der Waals surface area (Å²) in [5.74, 6) is 0.822. The molecule has 1 saturated heterocycles. The molecule has 0 N–H and O–H groups in total. The Morgan fingerprint density at radius 1 is 0.812 bits per heavy atom. The van der Waals surface area contributed by atoms with Crippen molar-refractivity contribution in [1.29, 1.82) is 0 Å². The maximum absolute atomic E-state index is 13.6. The first-order valence-corrected chi connectivity index (χ1v) is 11.2. The highest BCUT2D eigenvalue weighted by Gasteiger charge is 2.29. The van der Waals surface area contributed by atoms with Crippen LogP contribution in [0.2, 0.25) is 0 Å². The predicted octanol–water partition coefficient (Wildman–Crippen LogP) is 6.43. The lowest BCUT2D eigenvalue weighted by Gasteiger charge is -2.32. The standard InChI is InChI=1S/C27H26FN3O/c1-19-23(20-9-4-2-5-10-20)11-8-12-24(19)26-29-30-27(32-26)25(31-17-6-3-7-18-31)21-13-15-22(28)16-14-21/h2,4-5,8-16,25H,3,6-7,17-18H2,1H3. The third-order valence-corrected chi connectivity index (χ3v) is 6.27. The molecule has 5 heteroatoms. The number of hydrogen-bond donors (Lipinski definition) is 0. The van der Waals surface area contributed by atoms with Gasteiger partial charge in [0.1, 0.15) is 11.9 Å². The molecular formula is C27H26FN3O. The van der Waals surface area contributed by atoms with Gasteiger partial charge in [-0.25, -0.2) is 4.39 Å². The monoisotopic (exact) mass is 427 g/mol. The van der Waals surface area contributed by atoms with Gasteiger partial charge in [-0.3, -0.25) is 4.90 Å². The Balaban J connectivity index is 1.53. The Morgan fingerprint density at radius 2 is 1.53 bits per heavy atom. The first kappa shape index (κ1) is 20.6. The van der Waals surface area contributed by atoms with Gasteiger partial charge in [0.15, 0.2) is 0 Å². The SMILES string of the molecule is Cc1c(-c2ccccc2)cccc1-c1nnc(C(c2ccc(F)cc2)N2CCCCC2)o1. The van der Waals surface area contributed by atoms with Crippen molar-refractivity contribution in [2.24, 2.45) is 0 Å². The molecule has 0 spiro atoms. The van der Waals surface area contributed by atoms with Gasteiger partial charge < -0.3 is 4.42 Å². The van der Waals surface area contributed by atoms with E-state index in [0.717, 1.165) is 53.7 Å². The van der Waals surface area contributed by atoms with Crippen molar-refractivity contribution in [3.05, 3.63) is 95.6 Å². The molecule has 2 heterocycles. The van der Waals surface area contributed by atoms with Crippen molar-refractivity contribution in [2.45, 2.75) is 32.2 Å². The van der Waals surface area contributed by atoms with Gasteiger partial charge in [-0.15, -0.1) is 10.2 Å². The summed E-state index contributed by atoms with van der Waals surface area (Å²) < 4.78 is 19.9. The summed E-state index contributed by atoms with van der Waals surface area (Å²) in [4.78, 5) is 2.36. The second-order valence-electron chi connectivity index (χ2n) is 8.34. The molecular weight excluding hydrogens is 401 g/mol. The summed E-state index contributed by atoms with van der Waals surface area (Å²) in [6.45, 7) is 4.01. The van der Waals surface area contributed by atoms with Crippen LogP contribution in [0.1, 0.15) is 42.3 Å². The molecule has 0 saturated carbocycles. The molecule has 5 rings (SSSR count). The molecule has 4 nitrogen and oxygen atoms in total. The van der Waals surface area contributed by atoms with E-state index in [1.807, 2.05) is 42.5 Å². The molecule has 1 aliphatic rings. The smallest absolute Gasteiger partial charge is 0.248 e. The van der Waals surface area contributed by atoms with E-state index in [1.54, 1.807) is 0 Å². The van der Waals surface area contributed by atoms with Crippen LogP contribution in [-0.2, 0) is 0 Å². The summed E-state index contributed by atoms with van der Waals surface area (Å²) in [5.41, 5.74) is 5.31. The van der Waals surface area contributed by atoms with E-state index in [0.29, 0.717) is 11.8 Å². The third kappa shape index (κ3) is 4.08. The molecule has 0 aliphatic carbocycles. The number of piperidine rings is 1. The van der Waals surface area contributed by atoms with Gasteiger partial charge in [0.05, 0.1) is 0 Å². The molecule has 0 bridgehead atoms. The van der Waals surface area contributed by atoms with Crippen molar-refractivity contribution in [3.8, 4) is 22.6 Å². The zero-order valence-electron chi connectivity index (χ0n) is 18.2. The van der Waals surface area contributed by atoms with Crippen LogP contribution < -0.4 is 0 Å². The fourth-order valence-electron chi connectivity index (χ4n) is 4.58. The van der Waals surface area contributed by atoms with Gasteiger partial charge in [-0.1, -0.05) is 61.0 Å². The van der Waals surface area contributed by atoms with Crippen molar-refractivity contribution in [3.63, 3.8) is 0 Å². The first-order chi connectivity index (χ1) is 15.7. The molecule has 4 aromatic rings. The molecule has 1 aromatic heterocycles. The van der Waals surface area contributed by atoms with Crippen LogP contribution in [0.4, 0.5) is 4.39 Å². The molecule has 1 unspecified atom stereocenters. The Bertz CT molecular complexity index is 1180. The van der Waals surface area contributed by atoms with Gasteiger partial charge in [-0.2, -0.15) is 0 Å². The molecule has 1 atom stereocenters. The zero-order chi connectivity index (χ0) is 21.9. The van der Waals surface area contributed by atoms with Crippen molar-refractivity contribution in [2.75, 3.05) is 13.1 Å². The topological polar surface area (TPSA) is 42.2 Å². The van der Waals surface area contributed by atoms with E-state index in [2.05, 4.69) is 40.2 Å². The number of hydrogen-bond acceptors (Lipinski definition) is 4. The highest BCUT2D eigenvalue weighted by atomic mass is 19.1. The second-order valence-corrected chi connectivity index (χ2v) is 8.34. The highest BCUT2D eigenvalue weighted by molar-refractivity contribution is 5.75. The molecule has 32 heavy (non-hydrogen) atoms. The van der Waals surface area contributed by atoms with Gasteiger partial charge in [0.25, 0.3) is 0 Å². The predicted molar refractivity (Wildman–Crippen MR) is 124 cm³/mol. The summed E-state index contributed by atoms with van der Waals surface area (Å²) in [7, 11) is 0. The van der Waals surface area contributed by atoms with E-state index in [-0.39, 0.29) is 11.9 Å². The molecule has 1 fully saturated rings. The van der Waals surface area contributed by atoms with Gasteiger partial charge >= 0.3 is 0 Å². The molecule has 0 amide bonds. The van der Waals surface area contributed by atoms with E-state index in [1.165, 1.54) is 18.6 Å². The normalized spacial score (nSPS) is 15.6. The van der Waals surface area contributed by atoms with Crippen LogP contribution in [0.25, 0.3) is 22.6 Å². The number of nitrogens with zero attached hydrogens (tertiary/aromatic N) is 3. The third-order valence-electron chi connectivity index (χ3n) is 6.27. The Hall–Kier alpha value is -3.31. The number of aromatic nitrogens is 2. The van der Waals surface area contributed by atoms with E-state index in [9.17, 15) is 4.39 Å². The average molecular weight is 428 g/mol. The number of halogens is 1. The summed E-state index contributed by atoms with van der Waals surface area (Å²) in [6, 6.07) is 22.9. The minimum absolute atomic E-state index is 0.172. The van der Waals surface area contributed by atoms with E-state index >= 15 is 0 Å². The summed E-state index contributed by atoms with van der Waals surface area (Å²) in [5, 5.41) is 8.88. The minimum atomic E-state index is -0.245. The summed E-state index contributed by atoms with van der Waals surface area (Å²) >= 11 is 0. The Kier molecular flexibility index (Phi) is 5.82. The largest absolute Gasteiger partial charge is 0.419 e. The second kappa shape index (κ2) is 9.05. The Morgan fingerprint density at radius 3 is 2.28 bits per heavy atom. The van der Waals surface area contributed by atoms with E-state index in [4.69, 9.17) is 4.42 Å². The van der Waals surface area contributed by atoms with Crippen LogP contribution in [0.5, 0.6) is 0 Å². The van der Waals surface area contributed by atoms with Gasteiger partial charge in [0, 0.05) is 5.56 Å². The Labute approximate surface area is 187 Å². The van der Waals surface area contributed by atoms with Crippen molar-refractivity contribution < 1.29 is 8.81 Å². The van der Waals surface area contributed by atoms with Crippen LogP contribution in [0, 0.1) is 12.7 Å². The lowest BCUT2D eigenvalue weighted by Crippen LogP contribution is -2.34. The molecule has 162 valence electrons. The average Bonchev–Trinajstić information content (AvgIpc) is 3.31. The van der Waals surface area contributed by atoms with E-state index < -0.39 is 0 Å². The quantitative estimate of drug-likeness (QED) is 0.368. The van der Waals surface area contributed by atoms with Crippen LogP contribution >= 0.6 is 0 Å². The maximum atomic E-state index is 13.6. The van der Waals surface area contributed by atoms with Crippen LogP contribution in [-0.4, -0.2) is 28.2 Å². The maximum Gasteiger partial charge on any atom is 0.248 e. The number of likely N-dealkylation sites (tertiary alicyclic amines) is 1. The fraction of sp³-hybridized carbons (Fsp3) is 0.259. The zero-order valence-corrected chi connectivity index (χ0v) is 18.2. The fourth-order valence-corrected chi connectivity index (χ4v) is 4.58. The van der Waals surface area contributed by atoms with Crippen LogP contribution in [0.15, 0.2) is 77.2 Å². The van der Waals surface area contributed by atoms with Crippen molar-refractivity contribution >= 4 is 0 Å². The minimum Gasteiger partial charge on any atom is -0.419 e. The van der Waals surface area contributed by atoms with Crippen LogP contribution in [0.3, 0.4) is 0 Å². The molecule has 1 aliphatic heterocycles. The lowest BCUT2D eigenvalue weighted by molar-refractivity contribution is 0.166. The van der Waals surface area contributed by atoms with Gasteiger partial charge in [-0.05, 0) is 73.3 Å². The molecule has 0 radical (unpaired) electrons. The summed E-state index contributed by atoms with van der Waals surface area (Å²) in [6.07, 6.45) is 3.50. The lowest BCUT2D eigenvalue weighted by atomic mass is 9.96. The van der Waals surface area contributed by atoms with Crippen molar-refractivity contribution in [1.82, 2.24) is 15.1 Å². The van der Waals surface area contributed by atoms with Gasteiger partial charge in [0.2, 0.25) is 11.8 Å². The number of benzene rings is 3. The molecule has 3 aromatic carbocycles. The number of rotatable bonds is 5. The first-order valence-electron chi connectivity index (χ1n) is 11.2.